The Morgan fingerprint density at radius 3 is 2.81 bits per heavy atom. The summed E-state index contributed by atoms with van der Waals surface area (Å²) in [6, 6.07) is 13.3. The van der Waals surface area contributed by atoms with Gasteiger partial charge in [0, 0.05) is 0 Å². The van der Waals surface area contributed by atoms with Crippen LogP contribution < -0.4 is 5.56 Å². The van der Waals surface area contributed by atoms with Crippen LogP contribution >= 0.6 is 12.2 Å². The minimum atomic E-state index is -0.104. The molecule has 0 unspecified atom stereocenters. The Kier molecular flexibility index (Phi) is 2.77. The summed E-state index contributed by atoms with van der Waals surface area (Å²) < 4.78 is 7.35. The second-order valence-corrected chi connectivity index (χ2v) is 5.45. The highest BCUT2D eigenvalue weighted by atomic mass is 32.1. The SMILES string of the molecule is O=c1c2ccccc2[nH]c(=S)n1-c1ccc2c(c1)COC2. The van der Waals surface area contributed by atoms with E-state index in [4.69, 9.17) is 17.0 Å². The van der Waals surface area contributed by atoms with Crippen LogP contribution in [0.4, 0.5) is 0 Å². The molecule has 0 saturated heterocycles. The van der Waals surface area contributed by atoms with Gasteiger partial charge in [-0.2, -0.15) is 0 Å². The van der Waals surface area contributed by atoms with E-state index in [9.17, 15) is 4.79 Å². The standard InChI is InChI=1S/C16H12N2O2S/c19-15-13-3-1-2-4-14(13)17-16(21)18(15)12-6-5-10-8-20-9-11(10)7-12/h1-7H,8-9H2,(H,17,21). The number of nitrogens with zero attached hydrogens (tertiary/aromatic N) is 1. The molecule has 0 radical (unpaired) electrons. The van der Waals surface area contributed by atoms with Crippen molar-refractivity contribution in [3.8, 4) is 5.69 Å². The van der Waals surface area contributed by atoms with Gasteiger partial charge < -0.3 is 9.72 Å². The molecule has 0 amide bonds. The number of rotatable bonds is 1. The molecule has 1 aliphatic rings. The number of aromatic amines is 1. The van der Waals surface area contributed by atoms with Crippen LogP contribution in [0.3, 0.4) is 0 Å². The molecule has 1 N–H and O–H groups in total. The third kappa shape index (κ3) is 1.93. The largest absolute Gasteiger partial charge is 0.372 e. The zero-order chi connectivity index (χ0) is 14.4. The summed E-state index contributed by atoms with van der Waals surface area (Å²) in [5.41, 5.74) is 3.71. The predicted octanol–water partition coefficient (Wildman–Crippen LogP) is 3.08. The molecule has 2 aromatic carbocycles. The fraction of sp³-hybridized carbons (Fsp3) is 0.125. The molecule has 104 valence electrons. The highest BCUT2D eigenvalue weighted by Gasteiger charge is 2.13. The first kappa shape index (κ1) is 12.5. The molecule has 1 aliphatic heterocycles. The van der Waals surface area contributed by atoms with Crippen LogP contribution in [0.1, 0.15) is 11.1 Å². The van der Waals surface area contributed by atoms with Gasteiger partial charge in [-0.1, -0.05) is 18.2 Å². The maximum atomic E-state index is 12.7. The van der Waals surface area contributed by atoms with E-state index in [1.807, 2.05) is 36.4 Å². The fourth-order valence-corrected chi connectivity index (χ4v) is 2.99. The molecule has 0 spiro atoms. The van der Waals surface area contributed by atoms with Gasteiger partial charge in [0.05, 0.1) is 29.8 Å². The molecule has 0 aliphatic carbocycles. The van der Waals surface area contributed by atoms with Crippen molar-refractivity contribution >= 4 is 23.1 Å². The Morgan fingerprint density at radius 2 is 1.90 bits per heavy atom. The van der Waals surface area contributed by atoms with Crippen LogP contribution in [0, 0.1) is 4.77 Å². The number of benzene rings is 2. The first-order chi connectivity index (χ1) is 10.2. The van der Waals surface area contributed by atoms with Crippen LogP contribution in [-0.4, -0.2) is 9.55 Å². The van der Waals surface area contributed by atoms with Gasteiger partial charge in [-0.25, -0.2) is 0 Å². The topological polar surface area (TPSA) is 47.0 Å². The van der Waals surface area contributed by atoms with Crippen molar-refractivity contribution in [1.29, 1.82) is 0 Å². The van der Waals surface area contributed by atoms with Gasteiger partial charge in [-0.15, -0.1) is 0 Å². The average Bonchev–Trinajstić information content (AvgIpc) is 2.95. The molecular weight excluding hydrogens is 284 g/mol. The zero-order valence-electron chi connectivity index (χ0n) is 11.1. The van der Waals surface area contributed by atoms with Gasteiger partial charge in [0.1, 0.15) is 0 Å². The van der Waals surface area contributed by atoms with Crippen LogP contribution in [-0.2, 0) is 18.0 Å². The lowest BCUT2D eigenvalue weighted by atomic mass is 10.1. The number of hydrogen-bond donors (Lipinski definition) is 1. The van der Waals surface area contributed by atoms with Crippen molar-refractivity contribution in [2.45, 2.75) is 13.2 Å². The molecule has 5 heteroatoms. The monoisotopic (exact) mass is 296 g/mol. The van der Waals surface area contributed by atoms with Crippen molar-refractivity contribution in [3.05, 3.63) is 68.7 Å². The van der Waals surface area contributed by atoms with Gasteiger partial charge in [-0.05, 0) is 47.6 Å². The summed E-state index contributed by atoms with van der Waals surface area (Å²) in [5.74, 6) is 0. The summed E-state index contributed by atoms with van der Waals surface area (Å²) in [7, 11) is 0. The van der Waals surface area contributed by atoms with Crippen LogP contribution in [0.15, 0.2) is 47.3 Å². The second kappa shape index (κ2) is 4.65. The predicted molar refractivity (Wildman–Crippen MR) is 83.2 cm³/mol. The molecule has 3 aromatic rings. The number of nitrogens with one attached hydrogen (secondary N) is 1. The number of aromatic nitrogens is 2. The van der Waals surface area contributed by atoms with Crippen molar-refractivity contribution in [1.82, 2.24) is 9.55 Å². The quantitative estimate of drug-likeness (QED) is 0.702. The fourth-order valence-electron chi connectivity index (χ4n) is 2.69. The normalized spacial score (nSPS) is 13.5. The van der Waals surface area contributed by atoms with Crippen LogP contribution in [0.2, 0.25) is 0 Å². The summed E-state index contributed by atoms with van der Waals surface area (Å²) in [4.78, 5) is 15.8. The van der Waals surface area contributed by atoms with E-state index in [1.165, 1.54) is 10.1 Å². The van der Waals surface area contributed by atoms with E-state index in [-0.39, 0.29) is 5.56 Å². The molecule has 4 rings (SSSR count). The number of H-pyrrole nitrogens is 1. The van der Waals surface area contributed by atoms with E-state index in [0.717, 1.165) is 16.8 Å². The van der Waals surface area contributed by atoms with Gasteiger partial charge in [-0.3, -0.25) is 9.36 Å². The van der Waals surface area contributed by atoms with Gasteiger partial charge in [0.2, 0.25) is 0 Å². The van der Waals surface area contributed by atoms with Crippen molar-refractivity contribution < 1.29 is 4.74 Å². The Balaban J connectivity index is 2.03. The molecule has 2 heterocycles. The lowest BCUT2D eigenvalue weighted by Gasteiger charge is -2.09. The first-order valence-corrected chi connectivity index (χ1v) is 7.09. The van der Waals surface area contributed by atoms with Gasteiger partial charge in [0.25, 0.3) is 5.56 Å². The Labute approximate surface area is 125 Å². The lowest BCUT2D eigenvalue weighted by molar-refractivity contribution is 0.134. The molecule has 1 aromatic heterocycles. The molecular formula is C16H12N2O2S. The lowest BCUT2D eigenvalue weighted by Crippen LogP contribution is -2.20. The maximum absolute atomic E-state index is 12.7. The molecule has 4 nitrogen and oxygen atoms in total. The number of hydrogen-bond acceptors (Lipinski definition) is 3. The second-order valence-electron chi connectivity index (χ2n) is 5.06. The molecule has 0 bridgehead atoms. The average molecular weight is 296 g/mol. The third-order valence-electron chi connectivity index (χ3n) is 3.77. The Bertz CT molecular complexity index is 972. The summed E-state index contributed by atoms with van der Waals surface area (Å²) in [6.07, 6.45) is 0. The smallest absolute Gasteiger partial charge is 0.266 e. The van der Waals surface area contributed by atoms with E-state index in [2.05, 4.69) is 4.98 Å². The summed E-state index contributed by atoms with van der Waals surface area (Å²) in [6.45, 7) is 1.22. The highest BCUT2D eigenvalue weighted by Crippen LogP contribution is 2.22. The van der Waals surface area contributed by atoms with Crippen molar-refractivity contribution in [2.75, 3.05) is 0 Å². The van der Waals surface area contributed by atoms with Gasteiger partial charge >= 0.3 is 0 Å². The summed E-state index contributed by atoms with van der Waals surface area (Å²) >= 11 is 5.35. The zero-order valence-corrected chi connectivity index (χ0v) is 11.9. The van der Waals surface area contributed by atoms with E-state index < -0.39 is 0 Å². The Morgan fingerprint density at radius 1 is 1.10 bits per heavy atom. The van der Waals surface area contributed by atoms with E-state index in [1.54, 1.807) is 6.07 Å². The highest BCUT2D eigenvalue weighted by molar-refractivity contribution is 7.71. The van der Waals surface area contributed by atoms with Gasteiger partial charge in [0.15, 0.2) is 4.77 Å². The Hall–Kier alpha value is -2.24. The van der Waals surface area contributed by atoms with E-state index >= 15 is 0 Å². The molecule has 0 saturated carbocycles. The minimum Gasteiger partial charge on any atom is -0.372 e. The van der Waals surface area contributed by atoms with Crippen LogP contribution in [0.5, 0.6) is 0 Å². The van der Waals surface area contributed by atoms with Crippen molar-refractivity contribution in [2.24, 2.45) is 0 Å². The van der Waals surface area contributed by atoms with E-state index in [0.29, 0.717) is 23.4 Å². The maximum Gasteiger partial charge on any atom is 0.266 e. The number of para-hydroxylation sites is 1. The van der Waals surface area contributed by atoms with Crippen molar-refractivity contribution in [3.63, 3.8) is 0 Å². The molecule has 0 atom stereocenters. The molecule has 0 fully saturated rings. The number of fused-ring (bicyclic) bond motifs is 2. The molecule has 21 heavy (non-hydrogen) atoms. The summed E-state index contributed by atoms with van der Waals surface area (Å²) in [5, 5.41) is 0.628. The number of ether oxygens (including phenoxy) is 1. The minimum absolute atomic E-state index is 0.104. The first-order valence-electron chi connectivity index (χ1n) is 6.68. The third-order valence-corrected chi connectivity index (χ3v) is 4.05. The van der Waals surface area contributed by atoms with Crippen LogP contribution in [0.25, 0.3) is 16.6 Å².